The lowest BCUT2D eigenvalue weighted by molar-refractivity contribution is 0.0693. The summed E-state index contributed by atoms with van der Waals surface area (Å²) < 4.78 is 4.82. The normalized spacial score (nSPS) is 9.21. The Labute approximate surface area is 117 Å². The fourth-order valence-corrected chi connectivity index (χ4v) is 1.55. The molecule has 0 aliphatic rings. The number of rotatable bonds is 2. The van der Waals surface area contributed by atoms with E-state index in [1.807, 2.05) is 18.2 Å². The molecule has 0 saturated carbocycles. The Morgan fingerprint density at radius 2 is 1.79 bits per heavy atom. The van der Waals surface area contributed by atoms with Crippen molar-refractivity contribution in [3.8, 4) is 5.75 Å². The molecule has 2 aromatic carbocycles. The number of hydrogen-bond acceptors (Lipinski definition) is 2. The number of carboxylic acids is 1. The number of halogens is 1. The molecule has 0 spiro atoms. The molecular weight excluding hydrogens is 264 g/mol. The van der Waals surface area contributed by atoms with Gasteiger partial charge in [-0.1, -0.05) is 47.5 Å². The molecule has 0 atom stereocenters. The molecule has 100 valence electrons. The molecule has 19 heavy (non-hydrogen) atoms. The maximum Gasteiger partial charge on any atom is 0.339 e. The Kier molecular flexibility index (Phi) is 5.90. The minimum Gasteiger partial charge on any atom is -0.496 e. The first-order valence-corrected chi connectivity index (χ1v) is 6.01. The quantitative estimate of drug-likeness (QED) is 0.902. The fourth-order valence-electron chi connectivity index (χ4n) is 1.38. The zero-order valence-corrected chi connectivity index (χ0v) is 11.5. The number of methoxy groups -OCH3 is 1. The summed E-state index contributed by atoms with van der Waals surface area (Å²) in [6, 6.07) is 14.7. The first-order valence-electron chi connectivity index (χ1n) is 5.63. The highest BCUT2D eigenvalue weighted by Gasteiger charge is 2.10. The van der Waals surface area contributed by atoms with Crippen LogP contribution in [0.1, 0.15) is 15.9 Å². The largest absolute Gasteiger partial charge is 0.496 e. The highest BCUT2D eigenvalue weighted by Crippen LogP contribution is 2.22. The number of ether oxygens (including phenoxy) is 1. The first-order chi connectivity index (χ1) is 9.04. The molecule has 0 amide bonds. The second-order valence-electron chi connectivity index (χ2n) is 3.80. The molecule has 0 heterocycles. The number of aromatic carboxylic acids is 1. The van der Waals surface area contributed by atoms with Crippen molar-refractivity contribution in [3.63, 3.8) is 0 Å². The number of carbonyl (C=O) groups is 1. The van der Waals surface area contributed by atoms with Crippen LogP contribution in [0.5, 0.6) is 5.75 Å². The summed E-state index contributed by atoms with van der Waals surface area (Å²) in [6.45, 7) is 2.08. The summed E-state index contributed by atoms with van der Waals surface area (Å²) in [7, 11) is 1.41. The van der Waals surface area contributed by atoms with Crippen molar-refractivity contribution in [3.05, 3.63) is 64.7 Å². The van der Waals surface area contributed by atoms with E-state index in [-0.39, 0.29) is 5.56 Å². The topological polar surface area (TPSA) is 46.5 Å². The third-order valence-corrected chi connectivity index (χ3v) is 2.57. The molecule has 1 N–H and O–H groups in total. The molecule has 0 aliphatic carbocycles. The highest BCUT2D eigenvalue weighted by atomic mass is 35.5. The molecule has 0 radical (unpaired) electrons. The summed E-state index contributed by atoms with van der Waals surface area (Å²) in [5.74, 6) is -0.735. The lowest BCUT2D eigenvalue weighted by Gasteiger charge is -2.03. The standard InChI is InChI=1S/C8H7ClO3.C7H8/c1-12-7-3-2-5(9)4-6(7)8(10)11;1-7-5-3-2-4-6-7/h2-4H,1H3,(H,10,11);2-6H,1H3. The van der Waals surface area contributed by atoms with Gasteiger partial charge in [0.05, 0.1) is 7.11 Å². The van der Waals surface area contributed by atoms with Gasteiger partial charge in [0, 0.05) is 5.02 Å². The van der Waals surface area contributed by atoms with E-state index in [4.69, 9.17) is 21.4 Å². The summed E-state index contributed by atoms with van der Waals surface area (Å²) in [4.78, 5) is 10.6. The Balaban J connectivity index is 0.000000218. The van der Waals surface area contributed by atoms with Gasteiger partial charge in [0.15, 0.2) is 0 Å². The second kappa shape index (κ2) is 7.44. The third kappa shape index (κ3) is 5.02. The maximum atomic E-state index is 10.6. The van der Waals surface area contributed by atoms with Crippen LogP contribution >= 0.6 is 11.6 Å². The van der Waals surface area contributed by atoms with Crippen LogP contribution in [0, 0.1) is 6.92 Å². The van der Waals surface area contributed by atoms with E-state index in [0.717, 1.165) is 0 Å². The van der Waals surface area contributed by atoms with E-state index < -0.39 is 5.97 Å². The van der Waals surface area contributed by atoms with Crippen LogP contribution in [-0.4, -0.2) is 18.2 Å². The van der Waals surface area contributed by atoms with Crippen LogP contribution < -0.4 is 4.74 Å². The van der Waals surface area contributed by atoms with Crippen LogP contribution in [0.4, 0.5) is 0 Å². The van der Waals surface area contributed by atoms with E-state index >= 15 is 0 Å². The molecule has 0 aliphatic heterocycles. The van der Waals surface area contributed by atoms with Gasteiger partial charge in [-0.2, -0.15) is 0 Å². The monoisotopic (exact) mass is 278 g/mol. The lowest BCUT2D eigenvalue weighted by Crippen LogP contribution is -1.99. The number of benzene rings is 2. The molecule has 0 saturated heterocycles. The van der Waals surface area contributed by atoms with Gasteiger partial charge < -0.3 is 9.84 Å². The molecule has 2 aromatic rings. The van der Waals surface area contributed by atoms with Crippen molar-refractivity contribution in [1.29, 1.82) is 0 Å². The number of hydrogen-bond donors (Lipinski definition) is 1. The van der Waals surface area contributed by atoms with Gasteiger partial charge in [0.2, 0.25) is 0 Å². The minimum atomic E-state index is -1.05. The van der Waals surface area contributed by atoms with Gasteiger partial charge in [0.1, 0.15) is 11.3 Å². The van der Waals surface area contributed by atoms with E-state index in [0.29, 0.717) is 10.8 Å². The Hall–Kier alpha value is -2.00. The van der Waals surface area contributed by atoms with E-state index in [1.54, 1.807) is 6.07 Å². The van der Waals surface area contributed by atoms with Crippen molar-refractivity contribution in [2.24, 2.45) is 0 Å². The van der Waals surface area contributed by atoms with E-state index in [1.165, 1.54) is 24.8 Å². The predicted molar refractivity (Wildman–Crippen MR) is 76.1 cm³/mol. The summed E-state index contributed by atoms with van der Waals surface area (Å²) in [6.07, 6.45) is 0. The zero-order valence-electron chi connectivity index (χ0n) is 10.8. The minimum absolute atomic E-state index is 0.0741. The van der Waals surface area contributed by atoms with Crippen LogP contribution in [0.3, 0.4) is 0 Å². The van der Waals surface area contributed by atoms with Gasteiger partial charge in [-0.25, -0.2) is 4.79 Å². The van der Waals surface area contributed by atoms with Crippen LogP contribution in [0.2, 0.25) is 5.02 Å². The second-order valence-corrected chi connectivity index (χ2v) is 4.24. The average molecular weight is 279 g/mol. The van der Waals surface area contributed by atoms with E-state index in [9.17, 15) is 4.79 Å². The van der Waals surface area contributed by atoms with Gasteiger partial charge >= 0.3 is 5.97 Å². The fraction of sp³-hybridized carbons (Fsp3) is 0.133. The lowest BCUT2D eigenvalue weighted by atomic mass is 10.2. The molecule has 0 unspecified atom stereocenters. The van der Waals surface area contributed by atoms with Gasteiger partial charge in [-0.15, -0.1) is 0 Å². The Bertz CT molecular complexity index is 538. The van der Waals surface area contributed by atoms with Crippen molar-refractivity contribution < 1.29 is 14.6 Å². The molecule has 0 aromatic heterocycles. The third-order valence-electron chi connectivity index (χ3n) is 2.33. The van der Waals surface area contributed by atoms with Gasteiger partial charge in [-0.3, -0.25) is 0 Å². The average Bonchev–Trinajstić information content (AvgIpc) is 2.40. The van der Waals surface area contributed by atoms with Crippen molar-refractivity contribution in [1.82, 2.24) is 0 Å². The zero-order chi connectivity index (χ0) is 14.3. The number of carboxylic acid groups (broad SMARTS) is 1. The van der Waals surface area contributed by atoms with Crippen LogP contribution in [0.25, 0.3) is 0 Å². The van der Waals surface area contributed by atoms with Crippen LogP contribution in [0.15, 0.2) is 48.5 Å². The van der Waals surface area contributed by atoms with E-state index in [2.05, 4.69) is 19.1 Å². The van der Waals surface area contributed by atoms with Crippen molar-refractivity contribution >= 4 is 17.6 Å². The smallest absolute Gasteiger partial charge is 0.339 e. The maximum absolute atomic E-state index is 10.6. The summed E-state index contributed by atoms with van der Waals surface area (Å²) in [5, 5.41) is 9.07. The highest BCUT2D eigenvalue weighted by molar-refractivity contribution is 6.31. The molecule has 2 rings (SSSR count). The molecule has 4 heteroatoms. The van der Waals surface area contributed by atoms with Crippen molar-refractivity contribution in [2.45, 2.75) is 6.92 Å². The molecule has 0 fully saturated rings. The Morgan fingerprint density at radius 3 is 2.21 bits per heavy atom. The number of aryl methyl sites for hydroxylation is 1. The SMILES string of the molecule is COc1ccc(Cl)cc1C(=O)O.Cc1ccccc1. The first kappa shape index (κ1) is 15.1. The van der Waals surface area contributed by atoms with Crippen LogP contribution in [-0.2, 0) is 0 Å². The molecule has 3 nitrogen and oxygen atoms in total. The summed E-state index contributed by atoms with van der Waals surface area (Å²) >= 11 is 5.60. The molecular formula is C15H15ClO3. The molecule has 0 bridgehead atoms. The van der Waals surface area contributed by atoms with Gasteiger partial charge in [-0.05, 0) is 25.1 Å². The van der Waals surface area contributed by atoms with Gasteiger partial charge in [0.25, 0.3) is 0 Å². The Morgan fingerprint density at radius 1 is 1.16 bits per heavy atom. The summed E-state index contributed by atoms with van der Waals surface area (Å²) in [5.41, 5.74) is 1.40. The predicted octanol–water partition coefficient (Wildman–Crippen LogP) is 4.04. The van der Waals surface area contributed by atoms with Crippen molar-refractivity contribution in [2.75, 3.05) is 7.11 Å².